The molecular formula is C12H21N. The Morgan fingerprint density at radius 2 is 2.00 bits per heavy atom. The summed E-state index contributed by atoms with van der Waals surface area (Å²) < 4.78 is 0. The number of hydrogen-bond acceptors (Lipinski definition) is 1. The highest BCUT2D eigenvalue weighted by molar-refractivity contribution is 5.74. The summed E-state index contributed by atoms with van der Waals surface area (Å²) in [4.78, 5) is 0. The molecule has 1 heteroatoms. The summed E-state index contributed by atoms with van der Waals surface area (Å²) in [6.45, 7) is 12.6. The first kappa shape index (κ1) is 12.2. The van der Waals surface area contributed by atoms with E-state index in [4.69, 9.17) is 5.41 Å². The maximum atomic E-state index is 7.03. The van der Waals surface area contributed by atoms with Gasteiger partial charge in [0.05, 0.1) is 0 Å². The van der Waals surface area contributed by atoms with Crippen LogP contribution in [0.1, 0.15) is 40.5 Å². The predicted octanol–water partition coefficient (Wildman–Crippen LogP) is 3.96. The lowest BCUT2D eigenvalue weighted by Gasteiger charge is -2.24. The van der Waals surface area contributed by atoms with Crippen molar-refractivity contribution in [3.8, 4) is 0 Å². The summed E-state index contributed by atoms with van der Waals surface area (Å²) in [5.74, 6) is 0. The molecule has 0 fully saturated rings. The normalized spacial score (nSPS) is 12.8. The van der Waals surface area contributed by atoms with E-state index in [0.29, 0.717) is 0 Å². The van der Waals surface area contributed by atoms with Gasteiger partial charge in [-0.15, -0.1) is 0 Å². The van der Waals surface area contributed by atoms with E-state index in [2.05, 4.69) is 33.4 Å². The topological polar surface area (TPSA) is 23.9 Å². The predicted molar refractivity (Wildman–Crippen MR) is 60.4 cm³/mol. The van der Waals surface area contributed by atoms with Crippen LogP contribution in [0, 0.1) is 10.8 Å². The molecule has 1 nitrogen and oxygen atoms in total. The van der Waals surface area contributed by atoms with Crippen molar-refractivity contribution < 1.29 is 0 Å². The summed E-state index contributed by atoms with van der Waals surface area (Å²) in [7, 11) is 0. The van der Waals surface area contributed by atoms with Gasteiger partial charge in [-0.2, -0.15) is 0 Å². The Kier molecular flexibility index (Phi) is 4.68. The monoisotopic (exact) mass is 179 g/mol. The average molecular weight is 179 g/mol. The van der Waals surface area contributed by atoms with Gasteiger partial charge in [-0.1, -0.05) is 39.0 Å². The van der Waals surface area contributed by atoms with E-state index in [1.165, 1.54) is 11.8 Å². The van der Waals surface area contributed by atoms with E-state index < -0.39 is 0 Å². The number of nitrogens with one attached hydrogen (secondary N) is 1. The van der Waals surface area contributed by atoms with Crippen molar-refractivity contribution in [2.45, 2.75) is 40.5 Å². The zero-order chi connectivity index (χ0) is 10.5. The van der Waals surface area contributed by atoms with Gasteiger partial charge in [0.15, 0.2) is 0 Å². The van der Waals surface area contributed by atoms with Crippen molar-refractivity contribution in [2.24, 2.45) is 5.41 Å². The molecule has 0 aliphatic rings. The Labute approximate surface area is 82.1 Å². The third-order valence-electron chi connectivity index (χ3n) is 2.74. The summed E-state index contributed by atoms with van der Waals surface area (Å²) in [5.41, 5.74) is 2.47. The van der Waals surface area contributed by atoms with Gasteiger partial charge in [0.25, 0.3) is 0 Å². The highest BCUT2D eigenvalue weighted by Gasteiger charge is 2.17. The molecular weight excluding hydrogens is 158 g/mol. The lowest BCUT2D eigenvalue weighted by atomic mass is 9.81. The molecule has 0 bridgehead atoms. The largest absolute Gasteiger partial charge is 0.308 e. The molecule has 0 heterocycles. The zero-order valence-electron chi connectivity index (χ0n) is 9.28. The van der Waals surface area contributed by atoms with Gasteiger partial charge in [-0.05, 0) is 30.8 Å². The van der Waals surface area contributed by atoms with Crippen LogP contribution in [0.25, 0.3) is 0 Å². The fourth-order valence-electron chi connectivity index (χ4n) is 0.869. The first-order valence-corrected chi connectivity index (χ1v) is 4.79. The quantitative estimate of drug-likeness (QED) is 0.488. The highest BCUT2D eigenvalue weighted by atomic mass is 14.3. The lowest BCUT2D eigenvalue weighted by molar-refractivity contribution is 0.423. The SMILES string of the molecule is C=C(C/C=C(\C)C=N)C(C)(C)CC. The van der Waals surface area contributed by atoms with E-state index in [1.807, 2.05) is 6.92 Å². The second kappa shape index (κ2) is 5.00. The molecule has 0 radical (unpaired) electrons. The molecule has 0 aromatic rings. The molecule has 0 unspecified atom stereocenters. The third-order valence-corrected chi connectivity index (χ3v) is 2.74. The number of allylic oxidation sites excluding steroid dienone is 3. The van der Waals surface area contributed by atoms with E-state index in [-0.39, 0.29) is 5.41 Å². The van der Waals surface area contributed by atoms with Gasteiger partial charge in [-0.3, -0.25) is 0 Å². The lowest BCUT2D eigenvalue weighted by Crippen LogP contribution is -2.11. The fraction of sp³-hybridized carbons (Fsp3) is 0.583. The molecule has 1 N–H and O–H groups in total. The van der Waals surface area contributed by atoms with Gasteiger partial charge in [0.1, 0.15) is 0 Å². The zero-order valence-corrected chi connectivity index (χ0v) is 9.28. The molecule has 0 spiro atoms. The minimum atomic E-state index is 0.221. The second-order valence-corrected chi connectivity index (χ2v) is 4.14. The summed E-state index contributed by atoms with van der Waals surface area (Å²) >= 11 is 0. The highest BCUT2D eigenvalue weighted by Crippen LogP contribution is 2.31. The molecule has 0 amide bonds. The summed E-state index contributed by atoms with van der Waals surface area (Å²) in [6, 6.07) is 0. The van der Waals surface area contributed by atoms with Crippen LogP contribution in [-0.2, 0) is 0 Å². The van der Waals surface area contributed by atoms with Crippen LogP contribution < -0.4 is 0 Å². The van der Waals surface area contributed by atoms with Gasteiger partial charge >= 0.3 is 0 Å². The van der Waals surface area contributed by atoms with Crippen LogP contribution >= 0.6 is 0 Å². The van der Waals surface area contributed by atoms with Crippen molar-refractivity contribution in [3.05, 3.63) is 23.8 Å². The van der Waals surface area contributed by atoms with Crippen molar-refractivity contribution in [1.29, 1.82) is 5.41 Å². The van der Waals surface area contributed by atoms with Gasteiger partial charge in [-0.25, -0.2) is 0 Å². The minimum absolute atomic E-state index is 0.221. The Bertz CT molecular complexity index is 221. The first-order chi connectivity index (χ1) is 5.94. The Morgan fingerprint density at radius 3 is 2.38 bits per heavy atom. The van der Waals surface area contributed by atoms with E-state index >= 15 is 0 Å². The maximum absolute atomic E-state index is 7.03. The van der Waals surface area contributed by atoms with Crippen molar-refractivity contribution >= 4 is 6.21 Å². The molecule has 0 aromatic heterocycles. The number of hydrogen-bond donors (Lipinski definition) is 1. The maximum Gasteiger partial charge on any atom is 0.0203 e. The Balaban J connectivity index is 4.24. The van der Waals surface area contributed by atoms with Crippen molar-refractivity contribution in [1.82, 2.24) is 0 Å². The summed E-state index contributed by atoms with van der Waals surface area (Å²) in [5, 5.41) is 7.03. The van der Waals surface area contributed by atoms with Crippen LogP contribution in [0.4, 0.5) is 0 Å². The molecule has 13 heavy (non-hydrogen) atoms. The molecule has 0 atom stereocenters. The third kappa shape index (κ3) is 4.07. The Morgan fingerprint density at radius 1 is 1.46 bits per heavy atom. The molecule has 0 aliphatic heterocycles. The smallest absolute Gasteiger partial charge is 0.0203 e. The number of rotatable bonds is 5. The van der Waals surface area contributed by atoms with Gasteiger partial charge < -0.3 is 5.41 Å². The fourth-order valence-corrected chi connectivity index (χ4v) is 0.869. The first-order valence-electron chi connectivity index (χ1n) is 4.79. The molecule has 0 aliphatic carbocycles. The Hall–Kier alpha value is -0.850. The second-order valence-electron chi connectivity index (χ2n) is 4.14. The van der Waals surface area contributed by atoms with E-state index in [0.717, 1.165) is 18.4 Å². The summed E-state index contributed by atoms with van der Waals surface area (Å²) in [6.07, 6.45) is 5.45. The molecule has 0 saturated carbocycles. The van der Waals surface area contributed by atoms with Crippen LogP contribution in [0.15, 0.2) is 23.8 Å². The van der Waals surface area contributed by atoms with Crippen LogP contribution in [0.5, 0.6) is 0 Å². The van der Waals surface area contributed by atoms with Crippen LogP contribution in [0.3, 0.4) is 0 Å². The van der Waals surface area contributed by atoms with Crippen molar-refractivity contribution in [2.75, 3.05) is 0 Å². The molecule has 74 valence electrons. The molecule has 0 aromatic carbocycles. The van der Waals surface area contributed by atoms with Gasteiger partial charge in [0.2, 0.25) is 0 Å². The van der Waals surface area contributed by atoms with Crippen molar-refractivity contribution in [3.63, 3.8) is 0 Å². The molecule has 0 rings (SSSR count). The van der Waals surface area contributed by atoms with Gasteiger partial charge in [0, 0.05) is 6.21 Å². The van der Waals surface area contributed by atoms with E-state index in [9.17, 15) is 0 Å². The van der Waals surface area contributed by atoms with Crippen LogP contribution in [0.2, 0.25) is 0 Å². The van der Waals surface area contributed by atoms with E-state index in [1.54, 1.807) is 0 Å². The standard InChI is InChI=1S/C12H21N/c1-6-12(4,5)11(3)8-7-10(2)9-13/h7,9,13H,3,6,8H2,1-2,4-5H3/b10-7+,13-9?. The van der Waals surface area contributed by atoms with Crippen LogP contribution in [-0.4, -0.2) is 6.21 Å². The average Bonchev–Trinajstić information content (AvgIpc) is 2.13. The minimum Gasteiger partial charge on any atom is -0.308 e. The molecule has 0 saturated heterocycles.